The summed E-state index contributed by atoms with van der Waals surface area (Å²) in [7, 11) is 0. The zero-order chi connectivity index (χ0) is 17.0. The highest BCUT2D eigenvalue weighted by Gasteiger charge is 1.59. The van der Waals surface area contributed by atoms with Gasteiger partial charge in [-0.1, -0.05) is 146 Å². The molecule has 0 N–H and O–H groups in total. The Hall–Kier alpha value is -2.42. The zero-order valence-electron chi connectivity index (χ0n) is 14.9. The summed E-state index contributed by atoms with van der Waals surface area (Å²) in [5.74, 6) is 0. The van der Waals surface area contributed by atoms with Crippen LogP contribution in [-0.2, 0) is 0 Å². The Morgan fingerprint density at radius 3 is 0.192 bits per heavy atom. The fourth-order valence-electron chi connectivity index (χ4n) is 1.54. The molecule has 2 heteroatoms. The zero-order valence-corrected chi connectivity index (χ0v) is 16.9. The highest BCUT2D eigenvalue weighted by molar-refractivity contribution is 7.59. The van der Waals surface area contributed by atoms with Gasteiger partial charge in [-0.05, 0) is 0 Å². The summed E-state index contributed by atoms with van der Waals surface area (Å²) >= 11 is 0. The van der Waals surface area contributed by atoms with E-state index in [4.69, 9.17) is 0 Å². The van der Waals surface area contributed by atoms with Gasteiger partial charge >= 0.3 is 0 Å². The molecule has 0 amide bonds. The van der Waals surface area contributed by atoms with Gasteiger partial charge in [-0.2, -0.15) is 27.0 Å². The van der Waals surface area contributed by atoms with Crippen molar-refractivity contribution in [3.05, 3.63) is 146 Å². The molecule has 0 aromatic heterocycles. The first-order valence-corrected chi connectivity index (χ1v) is 8.00. The molecule has 0 saturated carbocycles. The molecule has 4 aromatic rings. The van der Waals surface area contributed by atoms with Crippen molar-refractivity contribution in [1.29, 1.82) is 0 Å². The van der Waals surface area contributed by atoms with Gasteiger partial charge < -0.3 is 0 Å². The summed E-state index contributed by atoms with van der Waals surface area (Å²) in [5, 5.41) is 0. The van der Waals surface area contributed by atoms with Gasteiger partial charge in [0.2, 0.25) is 0 Å². The molecule has 0 bridgehead atoms. The summed E-state index contributed by atoms with van der Waals surface area (Å²) in [6.45, 7) is 0. The van der Waals surface area contributed by atoms with Crippen molar-refractivity contribution >= 4 is 27.0 Å². The molecule has 0 heterocycles. The van der Waals surface area contributed by atoms with Gasteiger partial charge in [0.25, 0.3) is 0 Å². The molecular weight excluding hydrogens is 352 g/mol. The van der Waals surface area contributed by atoms with E-state index in [0.717, 1.165) is 0 Å². The topological polar surface area (TPSA) is 0 Å². The molecule has 0 spiro atoms. The summed E-state index contributed by atoms with van der Waals surface area (Å²) in [6, 6.07) is 48.0. The second kappa shape index (κ2) is 22.6. The van der Waals surface area contributed by atoms with Crippen molar-refractivity contribution in [3.63, 3.8) is 0 Å². The van der Waals surface area contributed by atoms with E-state index in [9.17, 15) is 0 Å². The van der Waals surface area contributed by atoms with E-state index < -0.39 is 0 Å². The third-order valence-corrected chi connectivity index (χ3v) is 2.67. The van der Waals surface area contributed by atoms with Gasteiger partial charge in [0, 0.05) is 0 Å². The highest BCUT2D eigenvalue weighted by Crippen LogP contribution is 1.81. The lowest BCUT2D eigenvalue weighted by Crippen LogP contribution is -1.47. The minimum absolute atomic E-state index is 0. The van der Waals surface area contributed by atoms with Gasteiger partial charge in [-0.15, -0.1) is 0 Å². The third kappa shape index (κ3) is 19.6. The molecule has 0 aliphatic rings. The molecule has 0 unspecified atom stereocenters. The van der Waals surface area contributed by atoms with Crippen molar-refractivity contribution in [2.75, 3.05) is 0 Å². The number of hydrogen-bond donors (Lipinski definition) is 0. The Kier molecular flexibility index (Phi) is 22.4. The molecule has 0 aliphatic heterocycles. The van der Waals surface area contributed by atoms with E-state index in [1.807, 2.05) is 146 Å². The van der Waals surface area contributed by atoms with E-state index in [0.29, 0.717) is 0 Å². The Morgan fingerprint density at radius 2 is 0.154 bits per heavy atom. The van der Waals surface area contributed by atoms with E-state index in [1.54, 1.807) is 0 Å². The Labute approximate surface area is 172 Å². The normalized spacial score (nSPS) is 7.38. The molecule has 0 fully saturated rings. The van der Waals surface area contributed by atoms with Crippen LogP contribution in [0.25, 0.3) is 0 Å². The Morgan fingerprint density at radius 1 is 0.115 bits per heavy atom. The van der Waals surface area contributed by atoms with Crippen LogP contribution in [-0.4, -0.2) is 0 Å². The molecule has 26 heavy (non-hydrogen) atoms. The van der Waals surface area contributed by atoms with E-state index in [-0.39, 0.29) is 27.0 Å². The van der Waals surface area contributed by atoms with E-state index >= 15 is 0 Å². The standard InChI is InChI=1S/4C6H6.2H2S/c4*1-2-4-6-5-3-1;;/h4*1-6H;2*1H2. The van der Waals surface area contributed by atoms with Crippen LogP contribution >= 0.6 is 27.0 Å². The molecule has 0 aliphatic carbocycles. The smallest absolute Gasteiger partial charge is 0.0623 e. The van der Waals surface area contributed by atoms with Crippen molar-refractivity contribution in [2.24, 2.45) is 0 Å². The minimum atomic E-state index is 0. The summed E-state index contributed by atoms with van der Waals surface area (Å²) in [6.07, 6.45) is 0. The maximum absolute atomic E-state index is 2.00. The molecule has 0 nitrogen and oxygen atoms in total. The second-order valence-electron chi connectivity index (χ2n) is 4.62. The van der Waals surface area contributed by atoms with E-state index in [1.165, 1.54) is 0 Å². The highest BCUT2D eigenvalue weighted by atomic mass is 32.1. The van der Waals surface area contributed by atoms with E-state index in [2.05, 4.69) is 0 Å². The van der Waals surface area contributed by atoms with Crippen molar-refractivity contribution in [2.45, 2.75) is 0 Å². The largest absolute Gasteiger partial charge is 0.197 e. The van der Waals surface area contributed by atoms with Crippen molar-refractivity contribution in [3.8, 4) is 0 Å². The van der Waals surface area contributed by atoms with Crippen molar-refractivity contribution in [1.82, 2.24) is 0 Å². The molecule has 0 atom stereocenters. The van der Waals surface area contributed by atoms with Gasteiger partial charge in [0.1, 0.15) is 0 Å². The average molecular weight is 381 g/mol. The first-order chi connectivity index (χ1) is 12.0. The van der Waals surface area contributed by atoms with Gasteiger partial charge in [0.05, 0.1) is 0 Å². The van der Waals surface area contributed by atoms with Crippen LogP contribution < -0.4 is 0 Å². The van der Waals surface area contributed by atoms with Crippen LogP contribution in [0.4, 0.5) is 0 Å². The number of hydrogen-bond acceptors (Lipinski definition) is 0. The molecule has 136 valence electrons. The van der Waals surface area contributed by atoms with Gasteiger partial charge in [-0.3, -0.25) is 0 Å². The molecular formula is C24H28S2. The van der Waals surface area contributed by atoms with Gasteiger partial charge in [0.15, 0.2) is 0 Å². The van der Waals surface area contributed by atoms with Crippen LogP contribution in [0.1, 0.15) is 0 Å². The first-order valence-electron chi connectivity index (χ1n) is 8.00. The van der Waals surface area contributed by atoms with Crippen LogP contribution in [0.5, 0.6) is 0 Å². The molecule has 0 radical (unpaired) electrons. The third-order valence-electron chi connectivity index (χ3n) is 2.67. The van der Waals surface area contributed by atoms with Crippen molar-refractivity contribution < 1.29 is 0 Å². The quantitative estimate of drug-likeness (QED) is 0.309. The molecule has 0 saturated heterocycles. The average Bonchev–Trinajstić information content (AvgIpc) is 2.75. The Bertz CT molecular complexity index is 424. The van der Waals surface area contributed by atoms with Crippen LogP contribution in [0.3, 0.4) is 0 Å². The predicted octanol–water partition coefficient (Wildman–Crippen LogP) is 6.97. The second-order valence-corrected chi connectivity index (χ2v) is 4.62. The molecule has 4 rings (SSSR count). The number of benzene rings is 4. The fraction of sp³-hybridized carbons (Fsp3) is 0. The lowest BCUT2D eigenvalue weighted by Gasteiger charge is -1.69. The lowest BCUT2D eigenvalue weighted by atomic mass is 10.4. The minimum Gasteiger partial charge on any atom is -0.197 e. The first kappa shape index (κ1) is 25.8. The van der Waals surface area contributed by atoms with Crippen LogP contribution in [0, 0.1) is 0 Å². The van der Waals surface area contributed by atoms with Crippen LogP contribution in [0.15, 0.2) is 146 Å². The number of rotatable bonds is 0. The summed E-state index contributed by atoms with van der Waals surface area (Å²) in [4.78, 5) is 0. The molecule has 4 aromatic carbocycles. The maximum atomic E-state index is 2.00. The Balaban J connectivity index is 0. The predicted molar refractivity (Wildman–Crippen MR) is 127 cm³/mol. The lowest BCUT2D eigenvalue weighted by molar-refractivity contribution is 1.72. The SMILES string of the molecule is S.S.c1ccccc1.c1ccccc1.c1ccccc1.c1ccccc1. The van der Waals surface area contributed by atoms with Gasteiger partial charge in [-0.25, -0.2) is 0 Å². The monoisotopic (exact) mass is 380 g/mol. The maximum Gasteiger partial charge on any atom is -0.0623 e. The van der Waals surface area contributed by atoms with Crippen LogP contribution in [0.2, 0.25) is 0 Å². The summed E-state index contributed by atoms with van der Waals surface area (Å²) in [5.41, 5.74) is 0. The fourth-order valence-corrected chi connectivity index (χ4v) is 1.54. The summed E-state index contributed by atoms with van der Waals surface area (Å²) < 4.78 is 0.